The molecule has 0 N–H and O–H groups in total. The van der Waals surface area contributed by atoms with Crippen LogP contribution in [0.5, 0.6) is 0 Å². The molecule has 1 rings (SSSR count). The normalized spacial score (nSPS) is 15.6. The predicted molar refractivity (Wildman–Crippen MR) is 37.5 cm³/mol. The van der Waals surface area contributed by atoms with Gasteiger partial charge in [-0.3, -0.25) is 10.1 Å². The number of hydrogen-bond acceptors (Lipinski definition) is 2. The van der Waals surface area contributed by atoms with Gasteiger partial charge in [-0.05, 0) is 0 Å². The largest absolute Gasteiger partial charge is 0.361 e. The summed E-state index contributed by atoms with van der Waals surface area (Å²) in [6, 6.07) is 0. The van der Waals surface area contributed by atoms with Crippen molar-refractivity contribution in [3.05, 3.63) is 39.6 Å². The Bertz CT molecular complexity index is 297. The Hall–Kier alpha value is -1.74. The van der Waals surface area contributed by atoms with Crippen molar-refractivity contribution in [2.75, 3.05) is 0 Å². The minimum Gasteiger partial charge on any atom is -0.361 e. The fraction of sp³-hybridized carbons (Fsp3) is 0.167. The van der Waals surface area contributed by atoms with Gasteiger partial charge in [0.2, 0.25) is 0 Å². The van der Waals surface area contributed by atoms with Crippen LogP contribution in [0.25, 0.3) is 5.53 Å². The summed E-state index contributed by atoms with van der Waals surface area (Å²) in [7, 11) is 0. The van der Waals surface area contributed by atoms with Crippen molar-refractivity contribution < 1.29 is 9.71 Å². The van der Waals surface area contributed by atoms with Crippen LogP contribution in [0.2, 0.25) is 0 Å². The van der Waals surface area contributed by atoms with E-state index in [0.29, 0.717) is 12.1 Å². The molecule has 0 bridgehead atoms. The molecule has 0 radical (unpaired) electrons. The van der Waals surface area contributed by atoms with Crippen LogP contribution >= 0.6 is 0 Å². The van der Waals surface area contributed by atoms with E-state index in [-0.39, 0.29) is 5.70 Å². The first-order valence-electron chi connectivity index (χ1n) is 2.97. The summed E-state index contributed by atoms with van der Waals surface area (Å²) in [4.78, 5) is 12.6. The molecule has 0 aromatic heterocycles. The van der Waals surface area contributed by atoms with Crippen molar-refractivity contribution in [3.63, 3.8) is 0 Å². The quantitative estimate of drug-likeness (QED) is 0.240. The van der Waals surface area contributed by atoms with Crippen LogP contribution in [0.1, 0.15) is 6.42 Å². The van der Waals surface area contributed by atoms with Gasteiger partial charge in [-0.15, -0.1) is 0 Å². The van der Waals surface area contributed by atoms with Crippen LogP contribution in [-0.2, 0) is 0 Å². The third kappa shape index (κ3) is 1.59. The average Bonchev–Trinajstić information content (AvgIpc) is 2.05. The first-order valence-corrected chi connectivity index (χ1v) is 2.97. The standard InChI is InChI=1S/C6H5N3O2/c7-8-5-1-3-6(4-2-5)9(10)11/h1,3-4H,2H2. The SMILES string of the molecule is [N-]=[N+]=C1C=CC([N+](=O)[O-])=CC1. The monoisotopic (exact) mass is 151 g/mol. The van der Waals surface area contributed by atoms with Crippen molar-refractivity contribution >= 4 is 5.71 Å². The lowest BCUT2D eigenvalue weighted by molar-refractivity contribution is -0.419. The van der Waals surface area contributed by atoms with E-state index in [0.717, 1.165) is 0 Å². The molecule has 1 aliphatic rings. The lowest BCUT2D eigenvalue weighted by atomic mass is 10.1. The smallest absolute Gasteiger partial charge is 0.296 e. The van der Waals surface area contributed by atoms with E-state index in [9.17, 15) is 10.1 Å². The fourth-order valence-corrected chi connectivity index (χ4v) is 0.736. The maximum Gasteiger partial charge on any atom is 0.296 e. The van der Waals surface area contributed by atoms with Gasteiger partial charge in [-0.2, -0.15) is 4.79 Å². The van der Waals surface area contributed by atoms with Gasteiger partial charge < -0.3 is 5.53 Å². The molecule has 5 nitrogen and oxygen atoms in total. The highest BCUT2D eigenvalue weighted by atomic mass is 16.6. The Morgan fingerprint density at radius 3 is 2.73 bits per heavy atom. The molecule has 0 heterocycles. The molecular weight excluding hydrogens is 146 g/mol. The Kier molecular flexibility index (Phi) is 1.94. The van der Waals surface area contributed by atoms with E-state index in [4.69, 9.17) is 5.53 Å². The third-order valence-corrected chi connectivity index (χ3v) is 1.31. The molecular formula is C6H5N3O2. The molecule has 0 saturated carbocycles. The summed E-state index contributed by atoms with van der Waals surface area (Å²) in [6.07, 6.45) is 4.43. The van der Waals surface area contributed by atoms with E-state index in [2.05, 4.69) is 4.79 Å². The molecule has 0 aromatic carbocycles. The van der Waals surface area contributed by atoms with Crippen molar-refractivity contribution in [3.8, 4) is 0 Å². The molecule has 0 atom stereocenters. The first-order chi connectivity index (χ1) is 5.24. The second kappa shape index (κ2) is 2.90. The minimum atomic E-state index is -0.481. The topological polar surface area (TPSA) is 79.5 Å². The average molecular weight is 151 g/mol. The van der Waals surface area contributed by atoms with Gasteiger partial charge in [0.1, 0.15) is 0 Å². The van der Waals surface area contributed by atoms with Crippen LogP contribution in [0, 0.1) is 10.1 Å². The number of hydrogen-bond donors (Lipinski definition) is 0. The van der Waals surface area contributed by atoms with Gasteiger partial charge in [0, 0.05) is 18.2 Å². The lowest BCUT2D eigenvalue weighted by Crippen LogP contribution is -2.04. The number of nitro groups is 1. The highest BCUT2D eigenvalue weighted by molar-refractivity contribution is 5.92. The van der Waals surface area contributed by atoms with Crippen molar-refractivity contribution in [1.82, 2.24) is 0 Å². The molecule has 1 aliphatic carbocycles. The van der Waals surface area contributed by atoms with Gasteiger partial charge in [0.05, 0.1) is 11.3 Å². The third-order valence-electron chi connectivity index (χ3n) is 1.31. The summed E-state index contributed by atoms with van der Waals surface area (Å²) < 4.78 is 0. The number of nitrogens with zero attached hydrogens (tertiary/aromatic N) is 3. The van der Waals surface area contributed by atoms with E-state index < -0.39 is 4.92 Å². The maximum absolute atomic E-state index is 10.1. The Morgan fingerprint density at radius 1 is 1.64 bits per heavy atom. The molecule has 0 spiro atoms. The fourth-order valence-electron chi connectivity index (χ4n) is 0.736. The number of allylic oxidation sites excluding steroid dienone is 3. The van der Waals surface area contributed by atoms with Crippen molar-refractivity contribution in [1.29, 1.82) is 0 Å². The predicted octanol–water partition coefficient (Wildman–Crippen LogP) is 0.778. The first kappa shape index (κ1) is 7.37. The molecule has 11 heavy (non-hydrogen) atoms. The maximum atomic E-state index is 10.1. The highest BCUT2D eigenvalue weighted by Crippen LogP contribution is 2.06. The van der Waals surface area contributed by atoms with Gasteiger partial charge in [-0.1, -0.05) is 0 Å². The van der Waals surface area contributed by atoms with E-state index in [1.807, 2.05) is 0 Å². The van der Waals surface area contributed by atoms with Crippen molar-refractivity contribution in [2.24, 2.45) is 0 Å². The van der Waals surface area contributed by atoms with Crippen LogP contribution in [0.15, 0.2) is 23.9 Å². The Labute approximate surface area is 62.4 Å². The summed E-state index contributed by atoms with van der Waals surface area (Å²) in [5, 5.41) is 10.1. The lowest BCUT2D eigenvalue weighted by Gasteiger charge is -1.93. The summed E-state index contributed by atoms with van der Waals surface area (Å²) >= 11 is 0. The van der Waals surface area contributed by atoms with Gasteiger partial charge in [0.25, 0.3) is 11.4 Å². The summed E-state index contributed by atoms with van der Waals surface area (Å²) in [5.74, 6) is 0. The molecule has 0 fully saturated rings. The molecule has 5 heteroatoms. The van der Waals surface area contributed by atoms with Gasteiger partial charge in [0.15, 0.2) is 0 Å². The molecule has 0 unspecified atom stereocenters. The van der Waals surface area contributed by atoms with Crippen LogP contribution in [0.4, 0.5) is 0 Å². The highest BCUT2D eigenvalue weighted by Gasteiger charge is 2.14. The zero-order valence-corrected chi connectivity index (χ0v) is 5.60. The van der Waals surface area contributed by atoms with Gasteiger partial charge >= 0.3 is 0 Å². The van der Waals surface area contributed by atoms with Crippen molar-refractivity contribution in [2.45, 2.75) is 6.42 Å². The molecule has 0 amide bonds. The zero-order chi connectivity index (χ0) is 8.27. The summed E-state index contributed by atoms with van der Waals surface area (Å²) in [5.41, 5.74) is 8.72. The Balaban J connectivity index is 2.83. The number of rotatable bonds is 1. The van der Waals surface area contributed by atoms with Crippen LogP contribution in [-0.4, -0.2) is 15.4 Å². The Morgan fingerprint density at radius 2 is 2.36 bits per heavy atom. The van der Waals surface area contributed by atoms with E-state index >= 15 is 0 Å². The molecule has 56 valence electrons. The second-order valence-corrected chi connectivity index (χ2v) is 2.01. The van der Waals surface area contributed by atoms with Crippen LogP contribution in [0.3, 0.4) is 0 Å². The molecule has 0 aromatic rings. The van der Waals surface area contributed by atoms with Crippen LogP contribution < -0.4 is 0 Å². The molecule has 0 saturated heterocycles. The van der Waals surface area contributed by atoms with Gasteiger partial charge in [-0.25, -0.2) is 0 Å². The van der Waals surface area contributed by atoms with E-state index in [1.165, 1.54) is 18.2 Å². The zero-order valence-electron chi connectivity index (χ0n) is 5.60. The minimum absolute atomic E-state index is 0.0393. The second-order valence-electron chi connectivity index (χ2n) is 2.01. The summed E-state index contributed by atoms with van der Waals surface area (Å²) in [6.45, 7) is 0. The van der Waals surface area contributed by atoms with E-state index in [1.54, 1.807) is 0 Å². The molecule has 0 aliphatic heterocycles.